The van der Waals surface area contributed by atoms with E-state index in [2.05, 4.69) is 64.0 Å². The van der Waals surface area contributed by atoms with Crippen LogP contribution in [0.3, 0.4) is 0 Å². The number of fused-ring (bicyclic) bond motifs is 5. The van der Waals surface area contributed by atoms with Crippen LogP contribution in [0.1, 0.15) is 92.6 Å². The van der Waals surface area contributed by atoms with E-state index in [1.807, 2.05) is 18.2 Å². The Kier molecular flexibility index (Phi) is 7.80. The van der Waals surface area contributed by atoms with Gasteiger partial charge in [0.25, 0.3) is 11.8 Å². The van der Waals surface area contributed by atoms with Crippen LogP contribution >= 0.6 is 0 Å². The molecule has 1 unspecified atom stereocenters. The van der Waals surface area contributed by atoms with Crippen molar-refractivity contribution in [3.05, 3.63) is 93.2 Å². The largest absolute Gasteiger partial charge is 0.371 e. The number of rotatable bonds is 6. The number of H-pyrrole nitrogens is 1. The minimum atomic E-state index is -0.974. The fourth-order valence-electron chi connectivity index (χ4n) is 9.24. The number of aromatic nitrogens is 1. The first-order valence-electron chi connectivity index (χ1n) is 18.8. The Labute approximate surface area is 312 Å². The number of hydrogen-bond acceptors (Lipinski definition) is 9. The number of ketones is 1. The highest BCUT2D eigenvalue weighted by Gasteiger charge is 2.45. The molecular formula is C42H41N7O5. The van der Waals surface area contributed by atoms with Crippen LogP contribution in [0.25, 0.3) is 10.9 Å². The predicted octanol–water partition coefficient (Wildman–Crippen LogP) is 4.13. The number of carbonyl (C=O) groups is 5. The van der Waals surface area contributed by atoms with Crippen LogP contribution in [0.4, 0.5) is 11.4 Å². The summed E-state index contributed by atoms with van der Waals surface area (Å²) in [5.41, 5.74) is 8.18. The van der Waals surface area contributed by atoms with Crippen LogP contribution in [-0.2, 0) is 21.4 Å². The number of anilines is 2. The molecule has 1 atom stereocenters. The Morgan fingerprint density at radius 2 is 1.63 bits per heavy atom. The third kappa shape index (κ3) is 5.16. The Morgan fingerprint density at radius 3 is 2.35 bits per heavy atom. The number of carbonyl (C=O) groups excluding carboxylic acids is 5. The fourth-order valence-corrected chi connectivity index (χ4v) is 9.24. The van der Waals surface area contributed by atoms with Gasteiger partial charge in [-0.1, -0.05) is 26.8 Å². The number of piperazine rings is 1. The highest BCUT2D eigenvalue weighted by Crippen LogP contribution is 2.46. The Morgan fingerprint density at radius 1 is 0.870 bits per heavy atom. The molecule has 5 aliphatic rings. The van der Waals surface area contributed by atoms with E-state index in [4.69, 9.17) is 0 Å². The highest BCUT2D eigenvalue weighted by atomic mass is 16.2. The molecule has 12 heteroatoms. The molecular weight excluding hydrogens is 683 g/mol. The molecule has 2 N–H and O–H groups in total. The van der Waals surface area contributed by atoms with Crippen molar-refractivity contribution in [2.45, 2.75) is 51.5 Å². The van der Waals surface area contributed by atoms with E-state index < -0.39 is 35.1 Å². The summed E-state index contributed by atoms with van der Waals surface area (Å²) >= 11 is 0. The number of aromatic amines is 1. The third-order valence-corrected chi connectivity index (χ3v) is 12.3. The van der Waals surface area contributed by atoms with Gasteiger partial charge in [0.2, 0.25) is 11.8 Å². The molecule has 54 heavy (non-hydrogen) atoms. The summed E-state index contributed by atoms with van der Waals surface area (Å²) in [6.07, 6.45) is 1.04. The minimum absolute atomic E-state index is 0.0325. The number of amides is 4. The summed E-state index contributed by atoms with van der Waals surface area (Å²) in [6.45, 7) is 12.8. The molecule has 4 aromatic rings. The number of nitriles is 1. The standard InChI is InChI=1S/C42H41N7O5/c1-4-25-16-30-31(42(2,3)38-36(37(30)51)28-7-5-23(19-43)15-32(28)44-38)18-34(25)47-13-11-46(12-14-47)20-24-21-48(22-24)26-6-8-27-29(17-26)41(54)49(40(27)53)33-9-10-35(50)45-39(33)52/h5-8,15-18,24,33,44H,4,9-14,20-22H2,1-3H3,(H,45,50,52). The fraction of sp³-hybridized carbons (Fsp3) is 0.381. The monoisotopic (exact) mass is 723 g/mol. The first-order chi connectivity index (χ1) is 26.0. The van der Waals surface area contributed by atoms with E-state index in [1.54, 1.807) is 18.2 Å². The van der Waals surface area contributed by atoms with Gasteiger partial charge in [-0.25, -0.2) is 0 Å². The number of hydrogen-bond donors (Lipinski definition) is 2. The van der Waals surface area contributed by atoms with E-state index in [9.17, 15) is 29.2 Å². The van der Waals surface area contributed by atoms with E-state index in [0.717, 1.165) is 90.5 Å². The number of piperidine rings is 1. The van der Waals surface area contributed by atoms with Crippen LogP contribution in [0, 0.1) is 17.2 Å². The molecule has 1 aromatic heterocycles. The minimum Gasteiger partial charge on any atom is -0.371 e. The van der Waals surface area contributed by atoms with Gasteiger partial charge < -0.3 is 14.8 Å². The molecule has 3 fully saturated rings. The van der Waals surface area contributed by atoms with Gasteiger partial charge in [-0.2, -0.15) is 5.26 Å². The first kappa shape index (κ1) is 34.0. The maximum absolute atomic E-state index is 14.1. The zero-order valence-corrected chi connectivity index (χ0v) is 30.6. The normalized spacial score (nSPS) is 21.2. The molecule has 4 aliphatic heterocycles. The second-order valence-corrected chi connectivity index (χ2v) is 15.8. The van der Waals surface area contributed by atoms with E-state index in [1.165, 1.54) is 11.3 Å². The van der Waals surface area contributed by atoms with Gasteiger partial charge in [0.15, 0.2) is 5.78 Å². The van der Waals surface area contributed by atoms with Crippen molar-refractivity contribution in [1.82, 2.24) is 20.1 Å². The first-order valence-corrected chi connectivity index (χ1v) is 18.8. The third-order valence-electron chi connectivity index (χ3n) is 12.3. The maximum atomic E-state index is 14.1. The van der Waals surface area contributed by atoms with Crippen molar-refractivity contribution in [2.75, 3.05) is 55.6 Å². The number of imide groups is 2. The Hall–Kier alpha value is -5.80. The number of nitrogens with one attached hydrogen (secondary N) is 2. The molecule has 5 heterocycles. The smallest absolute Gasteiger partial charge is 0.262 e. The van der Waals surface area contributed by atoms with Gasteiger partial charge >= 0.3 is 0 Å². The average Bonchev–Trinajstić information content (AvgIpc) is 3.66. The zero-order chi connectivity index (χ0) is 37.6. The van der Waals surface area contributed by atoms with Gasteiger partial charge in [-0.3, -0.25) is 39.1 Å². The zero-order valence-electron chi connectivity index (χ0n) is 30.6. The molecule has 4 amide bonds. The van der Waals surface area contributed by atoms with Crippen molar-refractivity contribution in [3.63, 3.8) is 0 Å². The van der Waals surface area contributed by atoms with Crippen molar-refractivity contribution in [2.24, 2.45) is 5.92 Å². The van der Waals surface area contributed by atoms with Gasteiger partial charge in [-0.05, 0) is 66.4 Å². The molecule has 0 radical (unpaired) electrons. The second kappa shape index (κ2) is 12.4. The van der Waals surface area contributed by atoms with Crippen LogP contribution in [0.15, 0.2) is 48.5 Å². The molecule has 12 nitrogen and oxygen atoms in total. The SMILES string of the molecule is CCc1cc2c(cc1N1CCN(CC3CN(c4ccc5c(c4)C(=O)N(C4CCC(=O)NC4=O)C5=O)C3)CC1)C(C)(C)c1[nH]c3cc(C#N)ccc3c1C2=O. The molecule has 1 aliphatic carbocycles. The lowest BCUT2D eigenvalue weighted by Crippen LogP contribution is -2.55. The van der Waals surface area contributed by atoms with Crippen LogP contribution in [-0.4, -0.2) is 96.1 Å². The molecule has 3 aromatic carbocycles. The van der Waals surface area contributed by atoms with Gasteiger partial charge in [0, 0.05) is 97.1 Å². The summed E-state index contributed by atoms with van der Waals surface area (Å²) in [7, 11) is 0. The molecule has 0 bridgehead atoms. The Bertz CT molecular complexity index is 2370. The van der Waals surface area contributed by atoms with Crippen LogP contribution in [0.2, 0.25) is 0 Å². The van der Waals surface area contributed by atoms with Crippen molar-refractivity contribution >= 4 is 51.7 Å². The number of benzene rings is 3. The highest BCUT2D eigenvalue weighted by molar-refractivity contribution is 6.24. The summed E-state index contributed by atoms with van der Waals surface area (Å²) < 4.78 is 0. The Balaban J connectivity index is 0.848. The van der Waals surface area contributed by atoms with E-state index >= 15 is 0 Å². The van der Waals surface area contributed by atoms with E-state index in [-0.39, 0.29) is 18.6 Å². The predicted molar refractivity (Wildman–Crippen MR) is 202 cm³/mol. The van der Waals surface area contributed by atoms with Gasteiger partial charge in [-0.15, -0.1) is 0 Å². The second-order valence-electron chi connectivity index (χ2n) is 15.8. The number of aryl methyl sites for hydroxylation is 1. The lowest BCUT2D eigenvalue weighted by atomic mass is 9.70. The topological polar surface area (TPSA) is 150 Å². The molecule has 3 saturated heterocycles. The van der Waals surface area contributed by atoms with Gasteiger partial charge in [0.05, 0.1) is 28.3 Å². The van der Waals surface area contributed by atoms with Crippen LogP contribution in [0.5, 0.6) is 0 Å². The summed E-state index contributed by atoms with van der Waals surface area (Å²) in [6, 6.07) is 16.4. The lowest BCUT2D eigenvalue weighted by Gasteiger charge is -2.45. The lowest BCUT2D eigenvalue weighted by molar-refractivity contribution is -0.136. The number of nitrogens with zero attached hydrogens (tertiary/aromatic N) is 5. The van der Waals surface area contributed by atoms with Crippen molar-refractivity contribution < 1.29 is 24.0 Å². The summed E-state index contributed by atoms with van der Waals surface area (Å²) in [5.74, 6) is -1.48. The van der Waals surface area contributed by atoms with Crippen molar-refractivity contribution in [3.8, 4) is 6.07 Å². The van der Waals surface area contributed by atoms with Crippen LogP contribution < -0.4 is 15.1 Å². The molecule has 0 saturated carbocycles. The molecule has 274 valence electrons. The maximum Gasteiger partial charge on any atom is 0.262 e. The van der Waals surface area contributed by atoms with Gasteiger partial charge in [0.1, 0.15) is 6.04 Å². The van der Waals surface area contributed by atoms with Crippen molar-refractivity contribution in [1.29, 1.82) is 5.26 Å². The molecule has 9 rings (SSSR count). The quantitative estimate of drug-likeness (QED) is 0.280. The average molecular weight is 724 g/mol. The van der Waals surface area contributed by atoms with E-state index in [0.29, 0.717) is 28.2 Å². The summed E-state index contributed by atoms with van der Waals surface area (Å²) in [4.78, 5) is 76.3. The molecule has 0 spiro atoms. The summed E-state index contributed by atoms with van der Waals surface area (Å²) in [5, 5.41) is 12.6.